The lowest BCUT2D eigenvalue weighted by Gasteiger charge is -2.06. The van der Waals surface area contributed by atoms with E-state index in [1.807, 2.05) is 0 Å². The first-order valence-corrected chi connectivity index (χ1v) is 5.67. The number of nitrogens with one attached hydrogen (secondary N) is 1. The summed E-state index contributed by atoms with van der Waals surface area (Å²) in [5.41, 5.74) is 7.43. The van der Waals surface area contributed by atoms with Gasteiger partial charge < -0.3 is 20.6 Å². The summed E-state index contributed by atoms with van der Waals surface area (Å²) in [7, 11) is 1.50. The fourth-order valence-electron chi connectivity index (χ4n) is 1.91. The average molecular weight is 256 g/mol. The molecule has 3 aromatic rings. The molecule has 2 aromatic heterocycles. The first-order chi connectivity index (χ1) is 9.19. The Hall–Kier alpha value is -2.76. The number of aromatic hydroxyl groups is 1. The number of H-pyrrole nitrogens is 1. The second-order valence-corrected chi connectivity index (χ2v) is 4.05. The predicted octanol–water partition coefficient (Wildman–Crippen LogP) is 1.92. The maximum atomic E-state index is 10.1. The van der Waals surface area contributed by atoms with Crippen LogP contribution in [-0.2, 0) is 0 Å². The highest BCUT2D eigenvalue weighted by Gasteiger charge is 2.13. The lowest BCUT2D eigenvalue weighted by molar-refractivity contribution is 0.374. The van der Waals surface area contributed by atoms with Crippen LogP contribution < -0.4 is 10.5 Å². The molecule has 96 valence electrons. The minimum absolute atomic E-state index is 0.0389. The maximum absolute atomic E-state index is 10.1. The molecular formula is C13H12N4O2. The number of ether oxygens (including phenoxy) is 1. The molecule has 0 unspecified atom stereocenters. The number of phenols is 1. The van der Waals surface area contributed by atoms with Gasteiger partial charge in [-0.05, 0) is 24.3 Å². The van der Waals surface area contributed by atoms with Crippen molar-refractivity contribution in [2.75, 3.05) is 12.8 Å². The number of benzene rings is 1. The second kappa shape index (κ2) is 4.16. The molecule has 0 saturated heterocycles. The standard InChI is InChI=1S/C13H12N4O2/c1-19-9-4-2-3-7(11(9)18)12-15-8-5-6-10(14)16-13(8)17-12/h2-6,18H,1H3,(H3,14,15,16,17). The minimum atomic E-state index is 0.0389. The Morgan fingerprint density at radius 3 is 2.84 bits per heavy atom. The van der Waals surface area contributed by atoms with E-state index in [-0.39, 0.29) is 5.75 Å². The molecular weight excluding hydrogens is 244 g/mol. The third-order valence-corrected chi connectivity index (χ3v) is 2.84. The number of anilines is 1. The van der Waals surface area contributed by atoms with Crippen LogP contribution in [0.1, 0.15) is 0 Å². The molecule has 6 nitrogen and oxygen atoms in total. The summed E-state index contributed by atoms with van der Waals surface area (Å²) in [6.07, 6.45) is 0. The lowest BCUT2D eigenvalue weighted by Crippen LogP contribution is -1.88. The van der Waals surface area contributed by atoms with Gasteiger partial charge in [-0.15, -0.1) is 0 Å². The SMILES string of the molecule is COc1cccc(-c2nc3nc(N)ccc3[nH]2)c1O. The number of nitrogens with zero attached hydrogens (tertiary/aromatic N) is 2. The van der Waals surface area contributed by atoms with E-state index in [0.717, 1.165) is 5.52 Å². The number of imidazole rings is 1. The van der Waals surface area contributed by atoms with E-state index in [4.69, 9.17) is 10.5 Å². The Morgan fingerprint density at radius 1 is 1.21 bits per heavy atom. The molecule has 3 rings (SSSR count). The number of nitrogen functional groups attached to an aromatic ring is 1. The van der Waals surface area contributed by atoms with Crippen LogP contribution in [0.15, 0.2) is 30.3 Å². The lowest BCUT2D eigenvalue weighted by atomic mass is 10.2. The predicted molar refractivity (Wildman–Crippen MR) is 72.0 cm³/mol. The van der Waals surface area contributed by atoms with Gasteiger partial charge in [-0.1, -0.05) is 6.07 Å². The minimum Gasteiger partial charge on any atom is -0.504 e. The van der Waals surface area contributed by atoms with E-state index in [2.05, 4.69) is 15.0 Å². The van der Waals surface area contributed by atoms with Crippen LogP contribution in [0, 0.1) is 0 Å². The zero-order chi connectivity index (χ0) is 13.4. The highest BCUT2D eigenvalue weighted by molar-refractivity contribution is 5.79. The molecule has 0 aliphatic heterocycles. The van der Waals surface area contributed by atoms with Crippen molar-refractivity contribution >= 4 is 17.0 Å². The molecule has 0 aliphatic carbocycles. The number of methoxy groups -OCH3 is 1. The van der Waals surface area contributed by atoms with E-state index < -0.39 is 0 Å². The highest BCUT2D eigenvalue weighted by atomic mass is 16.5. The summed E-state index contributed by atoms with van der Waals surface area (Å²) < 4.78 is 5.07. The Morgan fingerprint density at radius 2 is 2.05 bits per heavy atom. The van der Waals surface area contributed by atoms with Gasteiger partial charge in [0, 0.05) is 0 Å². The van der Waals surface area contributed by atoms with Gasteiger partial charge in [-0.2, -0.15) is 0 Å². The van der Waals surface area contributed by atoms with Crippen molar-refractivity contribution in [1.82, 2.24) is 15.0 Å². The normalized spacial score (nSPS) is 10.8. The fourth-order valence-corrected chi connectivity index (χ4v) is 1.91. The fraction of sp³-hybridized carbons (Fsp3) is 0.0769. The van der Waals surface area contributed by atoms with Gasteiger partial charge in [0.25, 0.3) is 0 Å². The number of hydrogen-bond acceptors (Lipinski definition) is 5. The van der Waals surface area contributed by atoms with Gasteiger partial charge in [-0.3, -0.25) is 0 Å². The molecule has 19 heavy (non-hydrogen) atoms. The van der Waals surface area contributed by atoms with Crippen molar-refractivity contribution in [2.45, 2.75) is 0 Å². The first kappa shape index (κ1) is 11.3. The van der Waals surface area contributed by atoms with Crippen LogP contribution in [-0.4, -0.2) is 27.2 Å². The van der Waals surface area contributed by atoms with E-state index >= 15 is 0 Å². The topological polar surface area (TPSA) is 97.0 Å². The zero-order valence-corrected chi connectivity index (χ0v) is 10.2. The molecule has 6 heteroatoms. The molecule has 0 atom stereocenters. The number of aromatic amines is 1. The van der Waals surface area contributed by atoms with Crippen LogP contribution in [0.25, 0.3) is 22.6 Å². The van der Waals surface area contributed by atoms with Crippen LogP contribution in [0.3, 0.4) is 0 Å². The number of fused-ring (bicyclic) bond motifs is 1. The molecule has 0 amide bonds. The Bertz CT molecular complexity index is 751. The largest absolute Gasteiger partial charge is 0.504 e. The summed E-state index contributed by atoms with van der Waals surface area (Å²) in [5.74, 6) is 1.35. The molecule has 2 heterocycles. The molecule has 0 saturated carbocycles. The van der Waals surface area contributed by atoms with E-state index in [1.54, 1.807) is 30.3 Å². The van der Waals surface area contributed by atoms with Crippen molar-refractivity contribution in [3.8, 4) is 22.9 Å². The molecule has 0 fully saturated rings. The summed E-state index contributed by atoms with van der Waals surface area (Å²) in [5, 5.41) is 10.1. The summed E-state index contributed by atoms with van der Waals surface area (Å²) in [6.45, 7) is 0. The van der Waals surface area contributed by atoms with Crippen molar-refractivity contribution < 1.29 is 9.84 Å². The summed E-state index contributed by atoms with van der Waals surface area (Å²) in [6, 6.07) is 8.70. The third-order valence-electron chi connectivity index (χ3n) is 2.84. The van der Waals surface area contributed by atoms with Crippen LogP contribution >= 0.6 is 0 Å². The van der Waals surface area contributed by atoms with E-state index in [9.17, 15) is 5.11 Å². The van der Waals surface area contributed by atoms with Gasteiger partial charge in [0.15, 0.2) is 17.1 Å². The average Bonchev–Trinajstić information content (AvgIpc) is 2.81. The number of aromatic nitrogens is 3. The van der Waals surface area contributed by atoms with Crippen molar-refractivity contribution in [3.63, 3.8) is 0 Å². The van der Waals surface area contributed by atoms with E-state index in [1.165, 1.54) is 7.11 Å². The smallest absolute Gasteiger partial charge is 0.180 e. The van der Waals surface area contributed by atoms with Crippen LogP contribution in [0.5, 0.6) is 11.5 Å². The van der Waals surface area contributed by atoms with Gasteiger partial charge in [0.2, 0.25) is 0 Å². The number of rotatable bonds is 2. The Kier molecular flexibility index (Phi) is 2.49. The number of para-hydroxylation sites is 1. The number of phenolic OH excluding ortho intramolecular Hbond substituents is 1. The number of nitrogens with two attached hydrogens (primary N) is 1. The summed E-state index contributed by atoms with van der Waals surface area (Å²) >= 11 is 0. The van der Waals surface area contributed by atoms with Crippen molar-refractivity contribution in [1.29, 1.82) is 0 Å². The van der Waals surface area contributed by atoms with Gasteiger partial charge in [0.1, 0.15) is 11.6 Å². The molecule has 0 radical (unpaired) electrons. The Balaban J connectivity index is 2.19. The molecule has 0 bridgehead atoms. The van der Waals surface area contributed by atoms with E-state index in [0.29, 0.717) is 28.6 Å². The molecule has 1 aromatic carbocycles. The number of pyridine rings is 1. The van der Waals surface area contributed by atoms with Crippen molar-refractivity contribution in [2.24, 2.45) is 0 Å². The molecule has 4 N–H and O–H groups in total. The monoisotopic (exact) mass is 256 g/mol. The molecule has 0 spiro atoms. The van der Waals surface area contributed by atoms with Crippen LogP contribution in [0.4, 0.5) is 5.82 Å². The highest BCUT2D eigenvalue weighted by Crippen LogP contribution is 2.35. The molecule has 0 aliphatic rings. The quantitative estimate of drug-likeness (QED) is 0.650. The van der Waals surface area contributed by atoms with Gasteiger partial charge >= 0.3 is 0 Å². The maximum Gasteiger partial charge on any atom is 0.180 e. The second-order valence-electron chi connectivity index (χ2n) is 4.05. The zero-order valence-electron chi connectivity index (χ0n) is 10.2. The number of hydrogen-bond donors (Lipinski definition) is 3. The third kappa shape index (κ3) is 1.83. The summed E-state index contributed by atoms with van der Waals surface area (Å²) in [4.78, 5) is 11.5. The van der Waals surface area contributed by atoms with Gasteiger partial charge in [0.05, 0.1) is 18.2 Å². The van der Waals surface area contributed by atoms with Crippen LogP contribution in [0.2, 0.25) is 0 Å². The van der Waals surface area contributed by atoms with Crippen molar-refractivity contribution in [3.05, 3.63) is 30.3 Å². The first-order valence-electron chi connectivity index (χ1n) is 5.67. The Labute approximate surface area is 108 Å². The van der Waals surface area contributed by atoms with Gasteiger partial charge in [-0.25, -0.2) is 9.97 Å².